The molecule has 4 saturated carbocycles. The molecule has 3 amide bonds. The standard InChI is InChI=1S/C30H51N3O7/c1-16(6-9-23(35)33-22(27(38)39)5-4-14-32-28(31)40)18-7-8-19-24-20(11-13-29(18,19)2)30(3)12-10-17(34)15-21(30)25(36)26(24)37/h16-22,24-26,34,36-37H,4-15H2,1-3H3,(H,33,35)(H,38,39)(H3,31,32,40)/t16-,17-,18-,19+,20+,21+,22+,24+,25-,26-,29-,30-/m1/s1. The van der Waals surface area contributed by atoms with Crippen molar-refractivity contribution < 1.29 is 34.8 Å². The van der Waals surface area contributed by atoms with E-state index >= 15 is 0 Å². The van der Waals surface area contributed by atoms with Gasteiger partial charge < -0.3 is 36.8 Å². The number of aliphatic carboxylic acids is 1. The smallest absolute Gasteiger partial charge is 0.326 e. The molecular weight excluding hydrogens is 514 g/mol. The number of amides is 3. The van der Waals surface area contributed by atoms with Gasteiger partial charge in [-0.3, -0.25) is 4.79 Å². The van der Waals surface area contributed by atoms with Gasteiger partial charge in [-0.1, -0.05) is 20.8 Å². The molecule has 40 heavy (non-hydrogen) atoms. The summed E-state index contributed by atoms with van der Waals surface area (Å²) < 4.78 is 0. The number of carboxylic acids is 1. The lowest BCUT2D eigenvalue weighted by Crippen LogP contribution is -2.64. The Balaban J connectivity index is 1.36. The highest BCUT2D eigenvalue weighted by Crippen LogP contribution is 2.68. The third-order valence-electron chi connectivity index (χ3n) is 11.9. The van der Waals surface area contributed by atoms with Crippen LogP contribution < -0.4 is 16.4 Å². The number of aliphatic hydroxyl groups excluding tert-OH is 3. The summed E-state index contributed by atoms with van der Waals surface area (Å²) in [6.07, 6.45) is 5.84. The van der Waals surface area contributed by atoms with Crippen molar-refractivity contribution >= 4 is 17.9 Å². The molecule has 10 heteroatoms. The molecule has 4 fully saturated rings. The predicted molar refractivity (Wildman–Crippen MR) is 149 cm³/mol. The van der Waals surface area contributed by atoms with Crippen LogP contribution in [0.3, 0.4) is 0 Å². The van der Waals surface area contributed by atoms with Crippen LogP contribution in [0.15, 0.2) is 0 Å². The molecule has 4 rings (SSSR count). The lowest BCUT2D eigenvalue weighted by molar-refractivity contribution is -0.223. The van der Waals surface area contributed by atoms with Crippen molar-refractivity contribution in [1.82, 2.24) is 10.6 Å². The van der Waals surface area contributed by atoms with E-state index in [1.165, 1.54) is 0 Å². The Hall–Kier alpha value is -1.91. The lowest BCUT2D eigenvalue weighted by atomic mass is 9.43. The third-order valence-corrected chi connectivity index (χ3v) is 11.9. The minimum atomic E-state index is -1.10. The third kappa shape index (κ3) is 5.86. The van der Waals surface area contributed by atoms with Gasteiger partial charge in [0.15, 0.2) is 0 Å². The highest BCUT2D eigenvalue weighted by Gasteiger charge is 2.65. The molecular formula is C30H51N3O7. The Morgan fingerprint density at radius 1 is 0.925 bits per heavy atom. The van der Waals surface area contributed by atoms with E-state index in [-0.39, 0.29) is 53.9 Å². The van der Waals surface area contributed by atoms with E-state index in [2.05, 4.69) is 31.4 Å². The second kappa shape index (κ2) is 12.1. The van der Waals surface area contributed by atoms with Crippen molar-refractivity contribution in [3.05, 3.63) is 0 Å². The fourth-order valence-corrected chi connectivity index (χ4v) is 9.82. The summed E-state index contributed by atoms with van der Waals surface area (Å²) in [6, 6.07) is -1.67. The van der Waals surface area contributed by atoms with Gasteiger partial charge >= 0.3 is 12.0 Å². The molecule has 0 radical (unpaired) electrons. The Morgan fingerprint density at radius 2 is 1.60 bits per heavy atom. The number of urea groups is 1. The maximum Gasteiger partial charge on any atom is 0.326 e. The van der Waals surface area contributed by atoms with Crippen molar-refractivity contribution in [3.63, 3.8) is 0 Å². The van der Waals surface area contributed by atoms with Gasteiger partial charge in [0.05, 0.1) is 18.3 Å². The van der Waals surface area contributed by atoms with Crippen LogP contribution in [-0.4, -0.2) is 69.2 Å². The Morgan fingerprint density at radius 3 is 2.27 bits per heavy atom. The Kier molecular flexibility index (Phi) is 9.42. The van der Waals surface area contributed by atoms with Crippen LogP contribution in [0.1, 0.15) is 91.4 Å². The zero-order valence-corrected chi connectivity index (χ0v) is 24.3. The molecule has 0 heterocycles. The van der Waals surface area contributed by atoms with Gasteiger partial charge in [-0.15, -0.1) is 0 Å². The second-order valence-corrected chi connectivity index (χ2v) is 13.9. The molecule has 8 N–H and O–H groups in total. The summed E-state index contributed by atoms with van der Waals surface area (Å²) in [7, 11) is 0. The van der Waals surface area contributed by atoms with E-state index in [4.69, 9.17) is 5.73 Å². The molecule has 0 unspecified atom stereocenters. The lowest BCUT2D eigenvalue weighted by Gasteiger charge is -2.63. The fraction of sp³-hybridized carbons (Fsp3) is 0.900. The summed E-state index contributed by atoms with van der Waals surface area (Å²) in [5.74, 6) is -0.0929. The highest BCUT2D eigenvalue weighted by molar-refractivity contribution is 5.83. The van der Waals surface area contributed by atoms with Crippen molar-refractivity contribution in [2.75, 3.05) is 6.54 Å². The summed E-state index contributed by atoms with van der Waals surface area (Å²) >= 11 is 0. The number of nitrogens with two attached hydrogens (primary N) is 1. The zero-order chi connectivity index (χ0) is 29.4. The first kappa shape index (κ1) is 31.0. The van der Waals surface area contributed by atoms with E-state index in [0.29, 0.717) is 37.0 Å². The highest BCUT2D eigenvalue weighted by atomic mass is 16.4. The number of primary amides is 1. The number of fused-ring (bicyclic) bond motifs is 5. The van der Waals surface area contributed by atoms with Crippen LogP contribution in [0.4, 0.5) is 4.79 Å². The topological polar surface area (TPSA) is 182 Å². The maximum atomic E-state index is 12.7. The Bertz CT molecular complexity index is 948. The molecule has 12 atom stereocenters. The van der Waals surface area contributed by atoms with Gasteiger partial charge in [-0.2, -0.15) is 0 Å². The largest absolute Gasteiger partial charge is 0.480 e. The average Bonchev–Trinajstić information content (AvgIpc) is 3.25. The van der Waals surface area contributed by atoms with E-state index in [9.17, 15) is 34.8 Å². The molecule has 0 aromatic carbocycles. The number of carbonyl (C=O) groups is 3. The molecule has 4 aliphatic carbocycles. The second-order valence-electron chi connectivity index (χ2n) is 13.9. The van der Waals surface area contributed by atoms with Crippen LogP contribution in [0.25, 0.3) is 0 Å². The number of aliphatic hydroxyl groups is 3. The minimum Gasteiger partial charge on any atom is -0.480 e. The van der Waals surface area contributed by atoms with Gasteiger partial charge in [0.2, 0.25) is 5.91 Å². The Labute approximate surface area is 237 Å². The van der Waals surface area contributed by atoms with Gasteiger partial charge in [0.25, 0.3) is 0 Å². The number of rotatable bonds is 10. The molecule has 0 spiro atoms. The SMILES string of the molecule is C[C@H](CCC(=O)N[C@@H](CCCNC(N)=O)C(=O)O)[C@H]1CC[C@H]2[C@@H]3[C@@H](O)[C@H](O)[C@@H]4C[C@H](O)CC[C@]4(C)[C@H]3CC[C@]12C. The predicted octanol–water partition coefficient (Wildman–Crippen LogP) is 2.38. The van der Waals surface area contributed by atoms with Gasteiger partial charge in [-0.25, -0.2) is 9.59 Å². The van der Waals surface area contributed by atoms with Crippen LogP contribution in [-0.2, 0) is 9.59 Å². The van der Waals surface area contributed by atoms with Crippen molar-refractivity contribution in [2.45, 2.75) is 116 Å². The van der Waals surface area contributed by atoms with Crippen molar-refractivity contribution in [1.29, 1.82) is 0 Å². The number of hydrogen-bond donors (Lipinski definition) is 7. The first-order chi connectivity index (χ1) is 18.8. The molecule has 0 saturated heterocycles. The normalized spacial score (nSPS) is 42.0. The average molecular weight is 566 g/mol. The van der Waals surface area contributed by atoms with E-state index in [0.717, 1.165) is 38.5 Å². The zero-order valence-electron chi connectivity index (χ0n) is 24.3. The number of carbonyl (C=O) groups excluding carboxylic acids is 2. The van der Waals surface area contributed by atoms with Gasteiger partial charge in [0.1, 0.15) is 6.04 Å². The van der Waals surface area contributed by atoms with Crippen LogP contribution in [0.5, 0.6) is 0 Å². The first-order valence-electron chi connectivity index (χ1n) is 15.4. The van der Waals surface area contributed by atoms with Crippen LogP contribution >= 0.6 is 0 Å². The summed E-state index contributed by atoms with van der Waals surface area (Å²) in [5.41, 5.74) is 4.99. The van der Waals surface area contributed by atoms with Crippen molar-refractivity contribution in [3.8, 4) is 0 Å². The molecule has 228 valence electrons. The number of nitrogens with one attached hydrogen (secondary N) is 2. The quantitative estimate of drug-likeness (QED) is 0.198. The number of carboxylic acid groups (broad SMARTS) is 1. The van der Waals surface area contributed by atoms with Crippen LogP contribution in [0, 0.1) is 46.3 Å². The fourth-order valence-electron chi connectivity index (χ4n) is 9.82. The molecule has 0 aliphatic heterocycles. The molecule has 0 aromatic heterocycles. The summed E-state index contributed by atoms with van der Waals surface area (Å²) in [4.78, 5) is 35.1. The monoisotopic (exact) mass is 565 g/mol. The summed E-state index contributed by atoms with van der Waals surface area (Å²) in [5, 5.41) is 47.6. The van der Waals surface area contributed by atoms with Gasteiger partial charge in [0, 0.05) is 13.0 Å². The first-order valence-corrected chi connectivity index (χ1v) is 15.4. The maximum absolute atomic E-state index is 12.7. The number of hydrogen-bond acceptors (Lipinski definition) is 6. The molecule has 0 bridgehead atoms. The van der Waals surface area contributed by atoms with Crippen LogP contribution in [0.2, 0.25) is 0 Å². The summed E-state index contributed by atoms with van der Waals surface area (Å²) in [6.45, 7) is 7.07. The van der Waals surface area contributed by atoms with E-state index in [1.807, 2.05) is 0 Å². The van der Waals surface area contributed by atoms with E-state index in [1.54, 1.807) is 0 Å². The molecule has 0 aromatic rings. The molecule has 10 nitrogen and oxygen atoms in total. The van der Waals surface area contributed by atoms with Gasteiger partial charge in [-0.05, 0) is 111 Å². The van der Waals surface area contributed by atoms with Crippen molar-refractivity contribution in [2.24, 2.45) is 52.1 Å². The van der Waals surface area contributed by atoms with E-state index < -0.39 is 36.4 Å². The molecule has 4 aliphatic rings. The minimum absolute atomic E-state index is 0.0200.